The first-order valence-corrected chi connectivity index (χ1v) is 7.47. The summed E-state index contributed by atoms with van der Waals surface area (Å²) in [5, 5.41) is 11.9. The number of benzene rings is 1. The molecule has 0 atom stereocenters. The van der Waals surface area contributed by atoms with Gasteiger partial charge in [0.25, 0.3) is 0 Å². The summed E-state index contributed by atoms with van der Waals surface area (Å²) in [5.74, 6) is -0.559. The van der Waals surface area contributed by atoms with E-state index in [0.29, 0.717) is 22.3 Å². The van der Waals surface area contributed by atoms with Crippen LogP contribution in [0.4, 0.5) is 5.82 Å². The largest absolute Gasteiger partial charge is 0.476 e. The fraction of sp³-hybridized carbons (Fsp3) is 0.143. The highest BCUT2D eigenvalue weighted by atomic mass is 35.5. The Hall–Kier alpha value is -2.05. The Kier molecular flexibility index (Phi) is 3.57. The zero-order valence-corrected chi connectivity index (χ0v) is 12.7. The summed E-state index contributed by atoms with van der Waals surface area (Å²) in [7, 11) is 1.81. The lowest BCUT2D eigenvalue weighted by molar-refractivity contribution is 0.0690. The maximum atomic E-state index is 11.5. The van der Waals surface area contributed by atoms with Crippen molar-refractivity contribution in [2.45, 2.75) is 6.54 Å². The van der Waals surface area contributed by atoms with Crippen LogP contribution in [0.1, 0.15) is 16.1 Å². The molecule has 0 radical (unpaired) electrons. The number of aromatic carboxylic acids is 1. The third-order valence-corrected chi connectivity index (χ3v) is 4.30. The van der Waals surface area contributed by atoms with Crippen LogP contribution in [-0.4, -0.2) is 27.5 Å². The average Bonchev–Trinajstić information content (AvgIpc) is 3.00. The van der Waals surface area contributed by atoms with E-state index in [-0.39, 0.29) is 5.69 Å². The standard InChI is InChI=1S/C14H12ClN3O2S/c1-17(8-9-4-2-3-5-10(9)15)12-11(13(19)20)18-6-7-21-14(18)16-12/h2-7H,8H2,1H3,(H,19,20). The molecule has 21 heavy (non-hydrogen) atoms. The monoisotopic (exact) mass is 321 g/mol. The van der Waals surface area contributed by atoms with Crippen LogP contribution in [0.2, 0.25) is 5.02 Å². The maximum absolute atomic E-state index is 11.5. The number of hydrogen-bond donors (Lipinski definition) is 1. The molecule has 0 amide bonds. The van der Waals surface area contributed by atoms with Crippen molar-refractivity contribution in [2.75, 3.05) is 11.9 Å². The number of halogens is 1. The Bertz CT molecular complexity index is 812. The molecule has 108 valence electrons. The lowest BCUT2D eigenvalue weighted by atomic mass is 10.2. The highest BCUT2D eigenvalue weighted by Gasteiger charge is 2.22. The first kappa shape index (κ1) is 13.9. The summed E-state index contributed by atoms with van der Waals surface area (Å²) in [6.45, 7) is 0.491. The molecule has 0 aliphatic rings. The van der Waals surface area contributed by atoms with Gasteiger partial charge in [0.15, 0.2) is 16.5 Å². The summed E-state index contributed by atoms with van der Waals surface area (Å²) in [6, 6.07) is 7.49. The number of rotatable bonds is 4. The van der Waals surface area contributed by atoms with Gasteiger partial charge in [0, 0.05) is 30.2 Å². The fourth-order valence-corrected chi connectivity index (χ4v) is 3.10. The first-order valence-electron chi connectivity index (χ1n) is 6.21. The summed E-state index contributed by atoms with van der Waals surface area (Å²) in [5.41, 5.74) is 1.09. The molecule has 1 aromatic carbocycles. The van der Waals surface area contributed by atoms with E-state index < -0.39 is 5.97 Å². The minimum Gasteiger partial charge on any atom is -0.476 e. The van der Waals surface area contributed by atoms with Gasteiger partial charge in [-0.3, -0.25) is 4.40 Å². The van der Waals surface area contributed by atoms with Crippen molar-refractivity contribution < 1.29 is 9.90 Å². The van der Waals surface area contributed by atoms with E-state index in [1.54, 1.807) is 15.5 Å². The van der Waals surface area contributed by atoms with Crippen LogP contribution in [0.3, 0.4) is 0 Å². The van der Waals surface area contributed by atoms with E-state index in [1.807, 2.05) is 36.7 Å². The molecule has 0 unspecified atom stereocenters. The maximum Gasteiger partial charge on any atom is 0.356 e. The highest BCUT2D eigenvalue weighted by molar-refractivity contribution is 7.15. The van der Waals surface area contributed by atoms with Crippen LogP contribution >= 0.6 is 22.9 Å². The fourth-order valence-electron chi connectivity index (χ4n) is 2.20. The predicted octanol–water partition coefficient (Wildman–Crippen LogP) is 3.38. The Morgan fingerprint density at radius 1 is 1.48 bits per heavy atom. The average molecular weight is 322 g/mol. The number of hydrogen-bond acceptors (Lipinski definition) is 4. The number of nitrogens with zero attached hydrogens (tertiary/aromatic N) is 3. The van der Waals surface area contributed by atoms with E-state index in [2.05, 4.69) is 4.98 Å². The highest BCUT2D eigenvalue weighted by Crippen LogP contribution is 2.26. The zero-order chi connectivity index (χ0) is 15.0. The van der Waals surface area contributed by atoms with Crippen molar-refractivity contribution in [1.82, 2.24) is 9.38 Å². The molecule has 0 spiro atoms. The lowest BCUT2D eigenvalue weighted by Gasteiger charge is -2.18. The molecule has 5 nitrogen and oxygen atoms in total. The second-order valence-corrected chi connectivity index (χ2v) is 5.87. The Balaban J connectivity index is 2.00. The molecule has 0 fully saturated rings. The summed E-state index contributed by atoms with van der Waals surface area (Å²) < 4.78 is 1.59. The molecule has 3 aromatic rings. The molecule has 0 aliphatic heterocycles. The van der Waals surface area contributed by atoms with Crippen LogP contribution in [-0.2, 0) is 6.54 Å². The Labute approximate surface area is 130 Å². The number of carboxylic acids is 1. The van der Waals surface area contributed by atoms with Crippen LogP contribution < -0.4 is 4.90 Å². The molecule has 0 saturated heterocycles. The van der Waals surface area contributed by atoms with Gasteiger partial charge in [0.05, 0.1) is 0 Å². The van der Waals surface area contributed by atoms with Gasteiger partial charge in [-0.25, -0.2) is 9.78 Å². The summed E-state index contributed by atoms with van der Waals surface area (Å²) >= 11 is 7.55. The van der Waals surface area contributed by atoms with E-state index in [0.717, 1.165) is 5.56 Å². The van der Waals surface area contributed by atoms with Crippen molar-refractivity contribution >= 4 is 39.7 Å². The minimum absolute atomic E-state index is 0.167. The Morgan fingerprint density at radius 3 is 2.95 bits per heavy atom. The van der Waals surface area contributed by atoms with Crippen LogP contribution in [0.25, 0.3) is 4.96 Å². The third-order valence-electron chi connectivity index (χ3n) is 3.17. The number of thiazole rings is 1. The molecule has 2 heterocycles. The number of fused-ring (bicyclic) bond motifs is 1. The van der Waals surface area contributed by atoms with E-state index >= 15 is 0 Å². The zero-order valence-electron chi connectivity index (χ0n) is 11.2. The summed E-state index contributed by atoms with van der Waals surface area (Å²) in [6.07, 6.45) is 1.71. The first-order chi connectivity index (χ1) is 10.1. The molecular weight excluding hydrogens is 310 g/mol. The van der Waals surface area contributed by atoms with Crippen molar-refractivity contribution in [3.63, 3.8) is 0 Å². The summed E-state index contributed by atoms with van der Waals surface area (Å²) in [4.78, 5) is 18.4. The van der Waals surface area contributed by atoms with E-state index in [1.165, 1.54) is 11.3 Å². The third kappa shape index (κ3) is 2.48. The van der Waals surface area contributed by atoms with Crippen molar-refractivity contribution in [3.05, 3.63) is 52.1 Å². The number of carbonyl (C=O) groups is 1. The molecule has 1 N–H and O–H groups in total. The second kappa shape index (κ2) is 5.38. The molecule has 7 heteroatoms. The van der Waals surface area contributed by atoms with Gasteiger partial charge in [0.2, 0.25) is 0 Å². The van der Waals surface area contributed by atoms with Gasteiger partial charge in [-0.1, -0.05) is 29.8 Å². The van der Waals surface area contributed by atoms with Gasteiger partial charge in [0.1, 0.15) is 0 Å². The topological polar surface area (TPSA) is 57.8 Å². The van der Waals surface area contributed by atoms with Crippen molar-refractivity contribution in [2.24, 2.45) is 0 Å². The number of aromatic nitrogens is 2. The molecule has 2 aromatic heterocycles. The Morgan fingerprint density at radius 2 is 2.24 bits per heavy atom. The normalized spacial score (nSPS) is 11.0. The molecule has 0 bridgehead atoms. The van der Waals surface area contributed by atoms with Crippen LogP contribution in [0.15, 0.2) is 35.8 Å². The molecule has 0 aliphatic carbocycles. The van der Waals surface area contributed by atoms with Crippen LogP contribution in [0, 0.1) is 0 Å². The number of carboxylic acid groups (broad SMARTS) is 1. The van der Waals surface area contributed by atoms with Crippen molar-refractivity contribution in [3.8, 4) is 0 Å². The van der Waals surface area contributed by atoms with E-state index in [4.69, 9.17) is 11.6 Å². The van der Waals surface area contributed by atoms with Gasteiger partial charge in [-0.2, -0.15) is 0 Å². The van der Waals surface area contributed by atoms with Crippen molar-refractivity contribution in [1.29, 1.82) is 0 Å². The SMILES string of the molecule is CN(Cc1ccccc1Cl)c1nc2sccn2c1C(=O)O. The molecule has 0 saturated carbocycles. The van der Waals surface area contributed by atoms with E-state index in [9.17, 15) is 9.90 Å². The van der Waals surface area contributed by atoms with Gasteiger partial charge >= 0.3 is 5.97 Å². The van der Waals surface area contributed by atoms with Crippen LogP contribution in [0.5, 0.6) is 0 Å². The van der Waals surface area contributed by atoms with Gasteiger partial charge in [-0.15, -0.1) is 11.3 Å². The lowest BCUT2D eigenvalue weighted by Crippen LogP contribution is -2.20. The number of imidazole rings is 1. The molecule has 3 rings (SSSR count). The predicted molar refractivity (Wildman–Crippen MR) is 83.6 cm³/mol. The minimum atomic E-state index is -0.998. The number of anilines is 1. The smallest absolute Gasteiger partial charge is 0.356 e. The molecular formula is C14H12ClN3O2S. The second-order valence-electron chi connectivity index (χ2n) is 4.59. The van der Waals surface area contributed by atoms with Gasteiger partial charge < -0.3 is 10.0 Å². The quantitative estimate of drug-likeness (QED) is 0.800. The van der Waals surface area contributed by atoms with Gasteiger partial charge in [-0.05, 0) is 11.6 Å².